The number of nitrogens with one attached hydrogen (secondary N) is 1. The molecule has 0 aromatic carbocycles. The molecule has 0 fully saturated rings. The van der Waals surface area contributed by atoms with Crippen LogP contribution in [0.25, 0.3) is 0 Å². The van der Waals surface area contributed by atoms with E-state index in [0.717, 1.165) is 5.56 Å². The van der Waals surface area contributed by atoms with Crippen molar-refractivity contribution in [3.05, 3.63) is 23.8 Å². The zero-order valence-electron chi connectivity index (χ0n) is 9.88. The molecule has 1 unspecified atom stereocenters. The Bertz CT molecular complexity index is 335. The maximum atomic E-state index is 12.2. The van der Waals surface area contributed by atoms with Crippen molar-refractivity contribution in [2.45, 2.75) is 38.9 Å². The van der Waals surface area contributed by atoms with Crippen LogP contribution in [0.5, 0.6) is 0 Å². The van der Waals surface area contributed by atoms with Crippen LogP contribution >= 0.6 is 0 Å². The molecule has 1 atom stereocenters. The van der Waals surface area contributed by atoms with Crippen LogP contribution in [0.2, 0.25) is 0 Å². The molecule has 0 radical (unpaired) electrons. The monoisotopic (exact) mass is 247 g/mol. The first-order chi connectivity index (χ1) is 7.92. The summed E-state index contributed by atoms with van der Waals surface area (Å²) in [5.74, 6) is 0.418. The standard InChI is InChI=1S/C11H16F3N3/c1-3-15-9(4-5-11(12,13)14)10-16-6-8(2)7-17-10/h6-7,9,15H,3-5H2,1-2H3. The molecule has 1 rings (SSSR count). The van der Waals surface area contributed by atoms with E-state index in [2.05, 4.69) is 15.3 Å². The maximum absolute atomic E-state index is 12.2. The molecule has 0 saturated heterocycles. The summed E-state index contributed by atoms with van der Waals surface area (Å²) in [7, 11) is 0. The van der Waals surface area contributed by atoms with Gasteiger partial charge in [0, 0.05) is 18.8 Å². The average molecular weight is 247 g/mol. The van der Waals surface area contributed by atoms with Crippen molar-refractivity contribution in [2.75, 3.05) is 6.54 Å². The van der Waals surface area contributed by atoms with Crippen molar-refractivity contribution in [3.63, 3.8) is 0 Å². The highest BCUT2D eigenvalue weighted by Gasteiger charge is 2.29. The Balaban J connectivity index is 2.68. The zero-order valence-corrected chi connectivity index (χ0v) is 9.88. The van der Waals surface area contributed by atoms with Gasteiger partial charge in [-0.3, -0.25) is 0 Å². The van der Waals surface area contributed by atoms with Gasteiger partial charge >= 0.3 is 6.18 Å². The van der Waals surface area contributed by atoms with Gasteiger partial charge in [-0.25, -0.2) is 9.97 Å². The van der Waals surface area contributed by atoms with Gasteiger partial charge in [-0.15, -0.1) is 0 Å². The van der Waals surface area contributed by atoms with Crippen LogP contribution in [0.3, 0.4) is 0 Å². The average Bonchev–Trinajstić information content (AvgIpc) is 2.24. The van der Waals surface area contributed by atoms with E-state index in [9.17, 15) is 13.2 Å². The van der Waals surface area contributed by atoms with Gasteiger partial charge in [0.1, 0.15) is 5.82 Å². The Morgan fingerprint density at radius 2 is 1.88 bits per heavy atom. The fourth-order valence-electron chi connectivity index (χ4n) is 1.46. The molecule has 0 aliphatic rings. The van der Waals surface area contributed by atoms with Crippen LogP contribution in [0.15, 0.2) is 12.4 Å². The van der Waals surface area contributed by atoms with E-state index in [0.29, 0.717) is 12.4 Å². The third-order valence-corrected chi connectivity index (χ3v) is 2.28. The minimum absolute atomic E-state index is 0.0413. The summed E-state index contributed by atoms with van der Waals surface area (Å²) in [4.78, 5) is 8.11. The molecule has 6 heteroatoms. The smallest absolute Gasteiger partial charge is 0.308 e. The molecule has 96 valence electrons. The highest BCUT2D eigenvalue weighted by Crippen LogP contribution is 2.26. The molecule has 1 aromatic rings. The van der Waals surface area contributed by atoms with E-state index in [1.807, 2.05) is 13.8 Å². The number of hydrogen-bond donors (Lipinski definition) is 1. The van der Waals surface area contributed by atoms with Gasteiger partial charge in [-0.05, 0) is 25.5 Å². The number of aromatic nitrogens is 2. The van der Waals surface area contributed by atoms with Gasteiger partial charge in [0.05, 0.1) is 6.04 Å². The van der Waals surface area contributed by atoms with E-state index < -0.39 is 18.6 Å². The van der Waals surface area contributed by atoms with Gasteiger partial charge in [0.15, 0.2) is 0 Å². The minimum atomic E-state index is -4.14. The lowest BCUT2D eigenvalue weighted by molar-refractivity contribution is -0.136. The summed E-state index contributed by atoms with van der Waals surface area (Å²) in [5, 5.41) is 2.97. The Labute approximate surface area is 98.5 Å². The first-order valence-electron chi connectivity index (χ1n) is 5.51. The van der Waals surface area contributed by atoms with Crippen LogP contribution in [0.4, 0.5) is 13.2 Å². The Morgan fingerprint density at radius 3 is 2.35 bits per heavy atom. The Kier molecular flexibility index (Phi) is 4.86. The van der Waals surface area contributed by atoms with Gasteiger partial charge in [-0.1, -0.05) is 6.92 Å². The number of hydrogen-bond acceptors (Lipinski definition) is 3. The van der Waals surface area contributed by atoms with Crippen molar-refractivity contribution in [2.24, 2.45) is 0 Å². The van der Waals surface area contributed by atoms with Gasteiger partial charge in [0.2, 0.25) is 0 Å². The summed E-state index contributed by atoms with van der Waals surface area (Å²) in [6, 6.07) is -0.442. The maximum Gasteiger partial charge on any atom is 0.389 e. The molecule has 0 aliphatic heterocycles. The van der Waals surface area contributed by atoms with E-state index in [1.165, 1.54) is 0 Å². The molecule has 0 spiro atoms. The predicted octanol–water partition coefficient (Wildman–Crippen LogP) is 2.78. The summed E-state index contributed by atoms with van der Waals surface area (Å²) >= 11 is 0. The predicted molar refractivity (Wildman–Crippen MR) is 58.5 cm³/mol. The van der Waals surface area contributed by atoms with Crippen LogP contribution in [0.1, 0.15) is 37.2 Å². The highest BCUT2D eigenvalue weighted by atomic mass is 19.4. The molecule has 1 aromatic heterocycles. The van der Waals surface area contributed by atoms with Crippen LogP contribution in [-0.2, 0) is 0 Å². The van der Waals surface area contributed by atoms with Crippen LogP contribution < -0.4 is 5.32 Å². The highest BCUT2D eigenvalue weighted by molar-refractivity contribution is 5.04. The third kappa shape index (κ3) is 5.12. The molecule has 1 N–H and O–H groups in total. The van der Waals surface area contributed by atoms with E-state index in [-0.39, 0.29) is 6.42 Å². The second kappa shape index (κ2) is 5.95. The SMILES string of the molecule is CCNC(CCC(F)(F)F)c1ncc(C)cn1. The second-order valence-corrected chi connectivity index (χ2v) is 3.88. The van der Waals surface area contributed by atoms with Crippen molar-refractivity contribution in [3.8, 4) is 0 Å². The molecular formula is C11H16F3N3. The normalized spacial score (nSPS) is 13.7. The summed E-state index contributed by atoms with van der Waals surface area (Å²) in [6.45, 7) is 4.26. The lowest BCUT2D eigenvalue weighted by Crippen LogP contribution is -2.24. The van der Waals surface area contributed by atoms with E-state index in [4.69, 9.17) is 0 Å². The van der Waals surface area contributed by atoms with E-state index >= 15 is 0 Å². The molecule has 0 aliphatic carbocycles. The summed E-state index contributed by atoms with van der Waals surface area (Å²) in [5.41, 5.74) is 0.889. The molecule has 3 nitrogen and oxygen atoms in total. The first kappa shape index (κ1) is 13.9. The fourth-order valence-corrected chi connectivity index (χ4v) is 1.46. The van der Waals surface area contributed by atoms with Gasteiger partial charge in [0.25, 0.3) is 0 Å². The number of aryl methyl sites for hydroxylation is 1. The zero-order chi connectivity index (χ0) is 12.9. The molecule has 1 heterocycles. The molecule has 0 bridgehead atoms. The number of rotatable bonds is 5. The number of nitrogens with zero attached hydrogens (tertiary/aromatic N) is 2. The molecule has 0 saturated carbocycles. The first-order valence-corrected chi connectivity index (χ1v) is 5.51. The fraction of sp³-hybridized carbons (Fsp3) is 0.636. The topological polar surface area (TPSA) is 37.8 Å². The van der Waals surface area contributed by atoms with Crippen molar-refractivity contribution >= 4 is 0 Å². The van der Waals surface area contributed by atoms with Gasteiger partial charge < -0.3 is 5.32 Å². The summed E-state index contributed by atoms with van der Waals surface area (Å²) < 4.78 is 36.5. The lowest BCUT2D eigenvalue weighted by Gasteiger charge is -2.17. The third-order valence-electron chi connectivity index (χ3n) is 2.28. The van der Waals surface area contributed by atoms with Crippen molar-refractivity contribution in [1.82, 2.24) is 15.3 Å². The largest absolute Gasteiger partial charge is 0.389 e. The van der Waals surface area contributed by atoms with Crippen LogP contribution in [0, 0.1) is 6.92 Å². The van der Waals surface area contributed by atoms with Gasteiger partial charge in [-0.2, -0.15) is 13.2 Å². The number of halogens is 3. The molecule has 17 heavy (non-hydrogen) atoms. The summed E-state index contributed by atoms with van der Waals surface area (Å²) in [6.07, 6.45) is -1.79. The number of alkyl halides is 3. The molecular weight excluding hydrogens is 231 g/mol. The molecule has 0 amide bonds. The van der Waals surface area contributed by atoms with Crippen molar-refractivity contribution < 1.29 is 13.2 Å². The van der Waals surface area contributed by atoms with E-state index in [1.54, 1.807) is 12.4 Å². The lowest BCUT2D eigenvalue weighted by atomic mass is 10.1. The Hall–Kier alpha value is -1.17. The quantitative estimate of drug-likeness (QED) is 0.869. The van der Waals surface area contributed by atoms with Crippen molar-refractivity contribution in [1.29, 1.82) is 0 Å². The Morgan fingerprint density at radius 1 is 1.29 bits per heavy atom. The minimum Gasteiger partial charge on any atom is -0.308 e. The second-order valence-electron chi connectivity index (χ2n) is 3.88. The van der Waals surface area contributed by atoms with Crippen LogP contribution in [-0.4, -0.2) is 22.7 Å².